The molecule has 6 heteroatoms. The summed E-state index contributed by atoms with van der Waals surface area (Å²) in [5.74, 6) is 0.0883. The molecule has 0 aromatic carbocycles. The zero-order chi connectivity index (χ0) is 13.9. The number of nitrogens with zero attached hydrogens (tertiary/aromatic N) is 4. The smallest absolute Gasteiger partial charge is 0.305 e. The molecule has 1 N–H and O–H groups in total. The molecule has 0 amide bonds. The van der Waals surface area contributed by atoms with E-state index in [1.807, 2.05) is 13.8 Å². The lowest BCUT2D eigenvalue weighted by Crippen LogP contribution is -2.28. The van der Waals surface area contributed by atoms with Crippen LogP contribution in [-0.2, 0) is 10.2 Å². The highest BCUT2D eigenvalue weighted by molar-refractivity contribution is 5.67. The van der Waals surface area contributed by atoms with Crippen LogP contribution in [0.1, 0.15) is 59.3 Å². The third-order valence-electron chi connectivity index (χ3n) is 3.45. The van der Waals surface area contributed by atoms with Crippen molar-refractivity contribution in [3.8, 4) is 0 Å². The molecular weight excluding hydrogens is 232 g/mol. The summed E-state index contributed by atoms with van der Waals surface area (Å²) < 4.78 is 1.68. The van der Waals surface area contributed by atoms with E-state index < -0.39 is 5.97 Å². The van der Waals surface area contributed by atoms with Crippen molar-refractivity contribution in [2.24, 2.45) is 5.92 Å². The Bertz CT molecular complexity index is 412. The number of aromatic nitrogens is 4. The van der Waals surface area contributed by atoms with Crippen LogP contribution in [0, 0.1) is 5.92 Å². The summed E-state index contributed by atoms with van der Waals surface area (Å²) in [6, 6.07) is -0.210. The molecule has 0 saturated heterocycles. The van der Waals surface area contributed by atoms with Crippen molar-refractivity contribution in [1.29, 1.82) is 0 Å². The van der Waals surface area contributed by atoms with E-state index in [9.17, 15) is 4.79 Å². The van der Waals surface area contributed by atoms with Crippen molar-refractivity contribution < 1.29 is 9.90 Å². The van der Waals surface area contributed by atoms with Crippen LogP contribution >= 0.6 is 0 Å². The lowest BCUT2D eigenvalue weighted by Gasteiger charge is -2.26. The topological polar surface area (TPSA) is 80.9 Å². The first-order valence-corrected chi connectivity index (χ1v) is 6.29. The van der Waals surface area contributed by atoms with Crippen molar-refractivity contribution in [3.05, 3.63) is 5.82 Å². The van der Waals surface area contributed by atoms with Gasteiger partial charge >= 0.3 is 5.97 Å². The summed E-state index contributed by atoms with van der Waals surface area (Å²) in [7, 11) is 0. The Labute approximate surface area is 107 Å². The van der Waals surface area contributed by atoms with Crippen LogP contribution in [0.4, 0.5) is 0 Å². The number of carboxylic acid groups (broad SMARTS) is 1. The van der Waals surface area contributed by atoms with Crippen LogP contribution in [0.15, 0.2) is 0 Å². The molecule has 0 saturated carbocycles. The summed E-state index contributed by atoms with van der Waals surface area (Å²) in [6.07, 6.45) is 0.931. The summed E-state index contributed by atoms with van der Waals surface area (Å²) >= 11 is 0. The van der Waals surface area contributed by atoms with Crippen LogP contribution in [0.25, 0.3) is 0 Å². The second-order valence-corrected chi connectivity index (χ2v) is 5.59. The molecule has 0 spiro atoms. The van der Waals surface area contributed by atoms with E-state index in [2.05, 4.69) is 36.3 Å². The molecule has 6 nitrogen and oxygen atoms in total. The van der Waals surface area contributed by atoms with Crippen molar-refractivity contribution in [3.63, 3.8) is 0 Å². The molecule has 1 unspecified atom stereocenters. The van der Waals surface area contributed by atoms with Gasteiger partial charge in [-0.2, -0.15) is 0 Å². The molecule has 0 radical (unpaired) electrons. The molecule has 1 aromatic heterocycles. The number of tetrazole rings is 1. The van der Waals surface area contributed by atoms with Gasteiger partial charge in [-0.05, 0) is 22.8 Å². The highest BCUT2D eigenvalue weighted by Crippen LogP contribution is 2.29. The molecular formula is C12H22N4O2. The Morgan fingerprint density at radius 1 is 1.44 bits per heavy atom. The minimum atomic E-state index is -0.829. The second-order valence-electron chi connectivity index (χ2n) is 5.59. The second kappa shape index (κ2) is 5.46. The summed E-state index contributed by atoms with van der Waals surface area (Å²) in [5.41, 5.74) is -0.158. The van der Waals surface area contributed by atoms with E-state index >= 15 is 0 Å². The van der Waals surface area contributed by atoms with Crippen LogP contribution in [0.2, 0.25) is 0 Å². The predicted molar refractivity (Wildman–Crippen MR) is 67.3 cm³/mol. The molecule has 0 bridgehead atoms. The Kier molecular flexibility index (Phi) is 4.43. The molecule has 0 aliphatic rings. The van der Waals surface area contributed by atoms with Crippen LogP contribution in [0.3, 0.4) is 0 Å². The van der Waals surface area contributed by atoms with Gasteiger partial charge in [-0.3, -0.25) is 4.79 Å². The maximum Gasteiger partial charge on any atom is 0.305 e. The molecule has 1 atom stereocenters. The summed E-state index contributed by atoms with van der Waals surface area (Å²) in [5, 5.41) is 20.8. The standard InChI is InChI=1S/C12H22N4O2/c1-6-12(4,5)11-13-14-15-16(11)9(8(2)3)7-10(17)18/h8-9H,6-7H2,1-5H3,(H,17,18). The molecule has 0 fully saturated rings. The van der Waals surface area contributed by atoms with Gasteiger partial charge in [0.25, 0.3) is 0 Å². The molecule has 0 aliphatic heterocycles. The van der Waals surface area contributed by atoms with Gasteiger partial charge < -0.3 is 5.11 Å². The first-order valence-electron chi connectivity index (χ1n) is 6.29. The normalized spacial score (nSPS) is 13.9. The van der Waals surface area contributed by atoms with E-state index in [1.54, 1.807) is 4.68 Å². The predicted octanol–water partition coefficient (Wildman–Crippen LogP) is 2.03. The fraction of sp³-hybridized carbons (Fsp3) is 0.833. The Hall–Kier alpha value is -1.46. The lowest BCUT2D eigenvalue weighted by atomic mass is 9.88. The van der Waals surface area contributed by atoms with E-state index in [-0.39, 0.29) is 23.8 Å². The van der Waals surface area contributed by atoms with Crippen molar-refractivity contribution in [2.75, 3.05) is 0 Å². The number of carboxylic acids is 1. The van der Waals surface area contributed by atoms with Gasteiger partial charge in [0.1, 0.15) is 0 Å². The molecule has 1 heterocycles. The van der Waals surface area contributed by atoms with Gasteiger partial charge in [-0.1, -0.05) is 34.6 Å². The highest BCUT2D eigenvalue weighted by Gasteiger charge is 2.30. The first kappa shape index (κ1) is 14.6. The quantitative estimate of drug-likeness (QED) is 0.840. The van der Waals surface area contributed by atoms with Gasteiger partial charge in [-0.25, -0.2) is 4.68 Å². The average molecular weight is 254 g/mol. The molecule has 1 rings (SSSR count). The third kappa shape index (κ3) is 3.05. The zero-order valence-corrected chi connectivity index (χ0v) is 11.7. The molecule has 102 valence electrons. The third-order valence-corrected chi connectivity index (χ3v) is 3.45. The van der Waals surface area contributed by atoms with Gasteiger partial charge in [0.15, 0.2) is 5.82 Å². The van der Waals surface area contributed by atoms with Crippen LogP contribution in [-0.4, -0.2) is 31.3 Å². The number of hydrogen-bond acceptors (Lipinski definition) is 4. The zero-order valence-electron chi connectivity index (χ0n) is 11.7. The van der Waals surface area contributed by atoms with Crippen LogP contribution in [0.5, 0.6) is 0 Å². The summed E-state index contributed by atoms with van der Waals surface area (Å²) in [4.78, 5) is 11.0. The fourth-order valence-electron chi connectivity index (χ4n) is 1.80. The molecule has 0 aliphatic carbocycles. The Morgan fingerprint density at radius 3 is 2.50 bits per heavy atom. The fourth-order valence-corrected chi connectivity index (χ4v) is 1.80. The maximum absolute atomic E-state index is 11.0. The number of aliphatic carboxylic acids is 1. The lowest BCUT2D eigenvalue weighted by molar-refractivity contribution is -0.138. The van der Waals surface area contributed by atoms with Crippen LogP contribution < -0.4 is 0 Å². The summed E-state index contributed by atoms with van der Waals surface area (Å²) in [6.45, 7) is 10.2. The van der Waals surface area contributed by atoms with Crippen molar-refractivity contribution in [1.82, 2.24) is 20.2 Å². The number of hydrogen-bond donors (Lipinski definition) is 1. The minimum absolute atomic E-state index is 0.0372. The van der Waals surface area contributed by atoms with Gasteiger partial charge in [0, 0.05) is 5.41 Å². The van der Waals surface area contributed by atoms with Gasteiger partial charge in [0.05, 0.1) is 12.5 Å². The first-order chi connectivity index (χ1) is 8.29. The van der Waals surface area contributed by atoms with E-state index in [0.717, 1.165) is 12.2 Å². The maximum atomic E-state index is 11.0. The van der Waals surface area contributed by atoms with E-state index in [0.29, 0.717) is 0 Å². The van der Waals surface area contributed by atoms with Gasteiger partial charge in [0.2, 0.25) is 0 Å². The highest BCUT2D eigenvalue weighted by atomic mass is 16.4. The number of carbonyl (C=O) groups is 1. The largest absolute Gasteiger partial charge is 0.481 e. The van der Waals surface area contributed by atoms with Gasteiger partial charge in [-0.15, -0.1) is 5.10 Å². The molecule has 1 aromatic rings. The Balaban J connectivity index is 3.14. The number of rotatable bonds is 6. The Morgan fingerprint density at radius 2 is 2.06 bits per heavy atom. The van der Waals surface area contributed by atoms with Crippen molar-refractivity contribution in [2.45, 2.75) is 58.9 Å². The minimum Gasteiger partial charge on any atom is -0.481 e. The molecule has 18 heavy (non-hydrogen) atoms. The monoisotopic (exact) mass is 254 g/mol. The van der Waals surface area contributed by atoms with Crippen molar-refractivity contribution >= 4 is 5.97 Å². The average Bonchev–Trinajstić information content (AvgIpc) is 2.74. The van der Waals surface area contributed by atoms with E-state index in [4.69, 9.17) is 5.11 Å². The van der Waals surface area contributed by atoms with E-state index in [1.165, 1.54) is 0 Å². The SMILES string of the molecule is CCC(C)(C)c1nnnn1C(CC(=O)O)C(C)C.